The zero-order chi connectivity index (χ0) is 8.81. The molecule has 0 aliphatic carbocycles. The summed E-state index contributed by atoms with van der Waals surface area (Å²) >= 11 is 1.51. The van der Waals surface area contributed by atoms with Crippen LogP contribution in [0.1, 0.15) is 10.4 Å². The largest absolute Gasteiger partial charge is 0.372 e. The Morgan fingerprint density at radius 1 is 1.67 bits per heavy atom. The maximum absolute atomic E-state index is 11.2. The van der Waals surface area contributed by atoms with Gasteiger partial charge in [0.05, 0.1) is 6.61 Å². The summed E-state index contributed by atoms with van der Waals surface area (Å²) in [5, 5.41) is 3.68. The first-order valence-corrected chi connectivity index (χ1v) is 4.62. The van der Waals surface area contributed by atoms with E-state index in [1.807, 2.05) is 10.8 Å². The van der Waals surface area contributed by atoms with E-state index in [1.54, 1.807) is 6.07 Å². The van der Waals surface area contributed by atoms with E-state index in [1.165, 1.54) is 11.3 Å². The summed E-state index contributed by atoms with van der Waals surface area (Å²) in [5.41, 5.74) is 5.92. The number of thiophene rings is 1. The minimum Gasteiger partial charge on any atom is -0.372 e. The van der Waals surface area contributed by atoms with E-state index in [2.05, 4.69) is 0 Å². The molecule has 0 aromatic carbocycles. The summed E-state index contributed by atoms with van der Waals surface area (Å²) in [7, 11) is 0. The van der Waals surface area contributed by atoms with Crippen LogP contribution >= 0.6 is 11.3 Å². The van der Waals surface area contributed by atoms with Gasteiger partial charge in [0.25, 0.3) is 0 Å². The van der Waals surface area contributed by atoms with Gasteiger partial charge in [-0.1, -0.05) is 0 Å². The highest BCUT2D eigenvalue weighted by molar-refractivity contribution is 7.08. The first-order valence-electron chi connectivity index (χ1n) is 3.68. The van der Waals surface area contributed by atoms with Crippen molar-refractivity contribution >= 4 is 17.1 Å². The van der Waals surface area contributed by atoms with Gasteiger partial charge in [0.1, 0.15) is 6.61 Å². The molecule has 0 bridgehead atoms. The summed E-state index contributed by atoms with van der Waals surface area (Å²) in [6.07, 6.45) is 0. The fourth-order valence-corrected chi connectivity index (χ4v) is 1.42. The van der Waals surface area contributed by atoms with Gasteiger partial charge in [-0.25, -0.2) is 0 Å². The molecule has 2 N–H and O–H groups in total. The van der Waals surface area contributed by atoms with E-state index >= 15 is 0 Å². The molecule has 4 heteroatoms. The van der Waals surface area contributed by atoms with E-state index < -0.39 is 0 Å². The normalized spacial score (nSPS) is 10.1. The number of ether oxygens (including phenoxy) is 1. The van der Waals surface area contributed by atoms with Crippen molar-refractivity contribution < 1.29 is 9.53 Å². The predicted octanol–water partition coefficient (Wildman–Crippen LogP) is 0.906. The minimum atomic E-state index is 0.0182. The fraction of sp³-hybridized carbons (Fsp3) is 0.375. The molecule has 1 aromatic heterocycles. The highest BCUT2D eigenvalue weighted by atomic mass is 32.1. The highest BCUT2D eigenvalue weighted by Crippen LogP contribution is 2.06. The smallest absolute Gasteiger partial charge is 0.189 e. The Bertz CT molecular complexity index is 233. The molecule has 0 fully saturated rings. The molecule has 66 valence electrons. The van der Waals surface area contributed by atoms with Crippen molar-refractivity contribution in [2.24, 2.45) is 5.73 Å². The van der Waals surface area contributed by atoms with Crippen molar-refractivity contribution in [2.75, 3.05) is 19.8 Å². The lowest BCUT2D eigenvalue weighted by Gasteiger charge is -1.98. The third-order valence-corrected chi connectivity index (χ3v) is 2.02. The molecule has 12 heavy (non-hydrogen) atoms. The second-order valence-electron chi connectivity index (χ2n) is 2.28. The number of nitrogens with two attached hydrogens (primary N) is 1. The van der Waals surface area contributed by atoms with Crippen molar-refractivity contribution in [3.05, 3.63) is 22.4 Å². The topological polar surface area (TPSA) is 52.3 Å². The van der Waals surface area contributed by atoms with Gasteiger partial charge in [0.15, 0.2) is 5.78 Å². The molecule has 0 saturated heterocycles. The van der Waals surface area contributed by atoms with Gasteiger partial charge >= 0.3 is 0 Å². The number of carbonyl (C=O) groups is 1. The van der Waals surface area contributed by atoms with Crippen LogP contribution in [0.15, 0.2) is 16.8 Å². The Morgan fingerprint density at radius 2 is 2.50 bits per heavy atom. The van der Waals surface area contributed by atoms with E-state index in [9.17, 15) is 4.79 Å². The molecular weight excluding hydrogens is 174 g/mol. The van der Waals surface area contributed by atoms with Gasteiger partial charge in [0, 0.05) is 17.5 Å². The van der Waals surface area contributed by atoms with Crippen molar-refractivity contribution in [2.45, 2.75) is 0 Å². The van der Waals surface area contributed by atoms with Crippen LogP contribution in [0.2, 0.25) is 0 Å². The van der Waals surface area contributed by atoms with Crippen LogP contribution in [0, 0.1) is 0 Å². The lowest BCUT2D eigenvalue weighted by molar-refractivity contribution is 0.0774. The molecule has 0 amide bonds. The molecule has 0 spiro atoms. The van der Waals surface area contributed by atoms with Gasteiger partial charge in [-0.3, -0.25) is 4.79 Å². The molecule has 1 heterocycles. The predicted molar refractivity (Wildman–Crippen MR) is 48.5 cm³/mol. The molecule has 0 aliphatic heterocycles. The van der Waals surface area contributed by atoms with Gasteiger partial charge < -0.3 is 10.5 Å². The number of ketones is 1. The number of hydrogen-bond acceptors (Lipinski definition) is 4. The first-order chi connectivity index (χ1) is 5.84. The van der Waals surface area contributed by atoms with Crippen molar-refractivity contribution in [1.82, 2.24) is 0 Å². The lowest BCUT2D eigenvalue weighted by Crippen LogP contribution is -2.14. The highest BCUT2D eigenvalue weighted by Gasteiger charge is 2.04. The summed E-state index contributed by atoms with van der Waals surface area (Å²) < 4.78 is 5.00. The SMILES string of the molecule is NCCOCC(=O)c1ccsc1. The summed E-state index contributed by atoms with van der Waals surface area (Å²) in [6.45, 7) is 1.03. The Hall–Kier alpha value is -0.710. The fourth-order valence-electron chi connectivity index (χ4n) is 0.755. The lowest BCUT2D eigenvalue weighted by atomic mass is 10.2. The summed E-state index contributed by atoms with van der Waals surface area (Å²) in [5.74, 6) is 0.0182. The number of rotatable bonds is 5. The van der Waals surface area contributed by atoms with Crippen molar-refractivity contribution in [3.8, 4) is 0 Å². The average molecular weight is 185 g/mol. The van der Waals surface area contributed by atoms with Gasteiger partial charge in [-0.05, 0) is 11.4 Å². The number of hydrogen-bond donors (Lipinski definition) is 1. The van der Waals surface area contributed by atoms with Crippen LogP contribution in [0.25, 0.3) is 0 Å². The van der Waals surface area contributed by atoms with Gasteiger partial charge in [0.2, 0.25) is 0 Å². The van der Waals surface area contributed by atoms with Crippen molar-refractivity contribution in [3.63, 3.8) is 0 Å². The quantitative estimate of drug-likeness (QED) is 0.548. The Kier molecular flexibility index (Phi) is 3.93. The monoisotopic (exact) mass is 185 g/mol. The maximum atomic E-state index is 11.2. The summed E-state index contributed by atoms with van der Waals surface area (Å²) in [6, 6.07) is 1.79. The zero-order valence-corrected chi connectivity index (χ0v) is 7.47. The third-order valence-electron chi connectivity index (χ3n) is 1.34. The Morgan fingerprint density at radius 3 is 3.08 bits per heavy atom. The molecule has 0 saturated carbocycles. The molecule has 0 aliphatic rings. The summed E-state index contributed by atoms with van der Waals surface area (Å²) in [4.78, 5) is 11.2. The standard InChI is InChI=1S/C8H11NO2S/c9-2-3-11-5-8(10)7-1-4-12-6-7/h1,4,6H,2-3,5,9H2. The first kappa shape index (κ1) is 9.38. The average Bonchev–Trinajstić information content (AvgIpc) is 2.56. The van der Waals surface area contributed by atoms with Crippen LogP contribution in [0.4, 0.5) is 0 Å². The third kappa shape index (κ3) is 2.73. The van der Waals surface area contributed by atoms with Crippen molar-refractivity contribution in [1.29, 1.82) is 0 Å². The molecule has 0 radical (unpaired) electrons. The van der Waals surface area contributed by atoms with E-state index in [0.29, 0.717) is 13.2 Å². The Labute approximate surface area is 75.1 Å². The molecule has 1 rings (SSSR count). The van der Waals surface area contributed by atoms with Gasteiger partial charge in [-0.2, -0.15) is 11.3 Å². The van der Waals surface area contributed by atoms with Crippen LogP contribution in [-0.4, -0.2) is 25.5 Å². The van der Waals surface area contributed by atoms with E-state index in [0.717, 1.165) is 5.56 Å². The second-order valence-corrected chi connectivity index (χ2v) is 3.06. The maximum Gasteiger partial charge on any atom is 0.189 e. The molecule has 0 atom stereocenters. The number of carbonyl (C=O) groups excluding carboxylic acids is 1. The molecule has 1 aromatic rings. The van der Waals surface area contributed by atoms with Crippen LogP contribution in [0.5, 0.6) is 0 Å². The second kappa shape index (κ2) is 5.03. The number of Topliss-reactive ketones (excluding diaryl/α,β-unsaturated/α-hetero) is 1. The minimum absolute atomic E-state index is 0.0182. The van der Waals surface area contributed by atoms with Crippen LogP contribution in [0.3, 0.4) is 0 Å². The Balaban J connectivity index is 2.30. The molecular formula is C8H11NO2S. The molecule has 0 unspecified atom stereocenters. The van der Waals surface area contributed by atoms with Crippen LogP contribution in [-0.2, 0) is 4.74 Å². The zero-order valence-electron chi connectivity index (χ0n) is 6.66. The van der Waals surface area contributed by atoms with Gasteiger partial charge in [-0.15, -0.1) is 0 Å². The van der Waals surface area contributed by atoms with Crippen LogP contribution < -0.4 is 5.73 Å². The van der Waals surface area contributed by atoms with E-state index in [4.69, 9.17) is 10.5 Å². The molecule has 3 nitrogen and oxygen atoms in total. The van der Waals surface area contributed by atoms with E-state index in [-0.39, 0.29) is 12.4 Å².